The van der Waals surface area contributed by atoms with E-state index in [1.54, 1.807) is 6.92 Å². The molecule has 2 aliphatic heterocycles. The quantitative estimate of drug-likeness (QED) is 0.299. The highest BCUT2D eigenvalue weighted by atomic mass is 32.2. The molecule has 182 valence electrons. The summed E-state index contributed by atoms with van der Waals surface area (Å²) in [6.45, 7) is 4.85. The predicted molar refractivity (Wildman–Crippen MR) is 152 cm³/mol. The first-order chi connectivity index (χ1) is 17.7. The van der Waals surface area contributed by atoms with Crippen molar-refractivity contribution < 1.29 is 4.79 Å². The maximum absolute atomic E-state index is 11.8. The Kier molecular flexibility index (Phi) is 6.57. The summed E-state index contributed by atoms with van der Waals surface area (Å²) in [5.41, 5.74) is 5.62. The SMILES string of the molecule is CC(=O)Nc1ccccc1-c1ccc2c(c1)Sc1ccccc1N2C1CCN(Cc2cccs2)CC1. The number of carbonyl (C=O) groups excluding carboxylic acids is 1. The Balaban J connectivity index is 1.31. The minimum Gasteiger partial charge on any atom is -0.336 e. The van der Waals surface area contributed by atoms with Gasteiger partial charge in [0.1, 0.15) is 0 Å². The molecule has 36 heavy (non-hydrogen) atoms. The first kappa shape index (κ1) is 23.3. The van der Waals surface area contributed by atoms with E-state index < -0.39 is 0 Å². The molecule has 0 bridgehead atoms. The Morgan fingerprint density at radius 1 is 0.917 bits per heavy atom. The monoisotopic (exact) mass is 511 g/mol. The largest absolute Gasteiger partial charge is 0.336 e. The van der Waals surface area contributed by atoms with Crippen LogP contribution < -0.4 is 10.2 Å². The van der Waals surface area contributed by atoms with Gasteiger partial charge in [-0.2, -0.15) is 0 Å². The Bertz CT molecular complexity index is 1380. The molecule has 1 amide bonds. The van der Waals surface area contributed by atoms with Crippen molar-refractivity contribution in [1.29, 1.82) is 0 Å². The number of amides is 1. The Morgan fingerprint density at radius 2 is 1.69 bits per heavy atom. The average Bonchev–Trinajstić information content (AvgIpc) is 3.41. The first-order valence-electron chi connectivity index (χ1n) is 12.5. The molecule has 0 saturated carbocycles. The third kappa shape index (κ3) is 4.69. The van der Waals surface area contributed by atoms with E-state index >= 15 is 0 Å². The Morgan fingerprint density at radius 3 is 2.50 bits per heavy atom. The van der Waals surface area contributed by atoms with Crippen molar-refractivity contribution >= 4 is 46.1 Å². The molecule has 3 aromatic carbocycles. The van der Waals surface area contributed by atoms with Crippen LogP contribution in [0, 0.1) is 0 Å². The lowest BCUT2D eigenvalue weighted by Gasteiger charge is -2.43. The lowest BCUT2D eigenvalue weighted by atomic mass is 9.99. The summed E-state index contributed by atoms with van der Waals surface area (Å²) < 4.78 is 0. The summed E-state index contributed by atoms with van der Waals surface area (Å²) in [6.07, 6.45) is 2.30. The second-order valence-electron chi connectivity index (χ2n) is 9.44. The Hall–Kier alpha value is -3.06. The van der Waals surface area contributed by atoms with Crippen LogP contribution in [0.25, 0.3) is 11.1 Å². The highest BCUT2D eigenvalue weighted by Crippen LogP contribution is 2.51. The van der Waals surface area contributed by atoms with Gasteiger partial charge in [-0.25, -0.2) is 0 Å². The van der Waals surface area contributed by atoms with Crippen LogP contribution in [0.1, 0.15) is 24.6 Å². The van der Waals surface area contributed by atoms with Gasteiger partial charge in [0.15, 0.2) is 0 Å². The van der Waals surface area contributed by atoms with Crippen LogP contribution in [0.15, 0.2) is 94.0 Å². The Labute approximate surface area is 221 Å². The standard InChI is InChI=1S/C30H29N3OS2/c1-21(34)31-26-9-3-2-8-25(26)22-12-13-28-30(19-22)36-29-11-5-4-10-27(29)33(28)23-14-16-32(17-15-23)20-24-7-6-18-35-24/h2-13,18-19,23H,14-17,20H2,1H3,(H,31,34). The van der Waals surface area contributed by atoms with Crippen LogP contribution in [-0.2, 0) is 11.3 Å². The van der Waals surface area contributed by atoms with E-state index in [0.717, 1.165) is 49.3 Å². The van der Waals surface area contributed by atoms with Crippen LogP contribution in [0.3, 0.4) is 0 Å². The molecule has 0 atom stereocenters. The third-order valence-corrected chi connectivity index (χ3v) is 8.97. The molecule has 4 nitrogen and oxygen atoms in total. The number of carbonyl (C=O) groups is 1. The average molecular weight is 512 g/mol. The fraction of sp³-hybridized carbons (Fsp3) is 0.233. The van der Waals surface area contributed by atoms with Gasteiger partial charge in [0, 0.05) is 58.5 Å². The molecule has 3 heterocycles. The van der Waals surface area contributed by atoms with E-state index in [1.807, 2.05) is 41.3 Å². The van der Waals surface area contributed by atoms with Crippen molar-refractivity contribution in [2.24, 2.45) is 0 Å². The number of nitrogens with zero attached hydrogens (tertiary/aromatic N) is 2. The second-order valence-corrected chi connectivity index (χ2v) is 11.6. The molecular formula is C30H29N3OS2. The first-order valence-corrected chi connectivity index (χ1v) is 14.2. The summed E-state index contributed by atoms with van der Waals surface area (Å²) in [4.78, 5) is 21.0. The zero-order valence-electron chi connectivity index (χ0n) is 20.3. The van der Waals surface area contributed by atoms with Crippen molar-refractivity contribution in [1.82, 2.24) is 4.90 Å². The predicted octanol–water partition coefficient (Wildman–Crippen LogP) is 7.64. The van der Waals surface area contributed by atoms with E-state index in [4.69, 9.17) is 0 Å². The number of para-hydroxylation sites is 2. The van der Waals surface area contributed by atoms with E-state index in [0.29, 0.717) is 6.04 Å². The molecule has 4 aromatic rings. The van der Waals surface area contributed by atoms with Crippen molar-refractivity contribution in [3.05, 3.63) is 89.1 Å². The van der Waals surface area contributed by atoms with Gasteiger partial charge >= 0.3 is 0 Å². The van der Waals surface area contributed by atoms with Crippen LogP contribution >= 0.6 is 23.1 Å². The number of anilines is 3. The van der Waals surface area contributed by atoms with E-state index in [9.17, 15) is 4.79 Å². The smallest absolute Gasteiger partial charge is 0.221 e. The number of thiophene rings is 1. The molecule has 1 fully saturated rings. The molecule has 0 aliphatic carbocycles. The number of hydrogen-bond donors (Lipinski definition) is 1. The van der Waals surface area contributed by atoms with Gasteiger partial charge in [-0.3, -0.25) is 9.69 Å². The zero-order valence-corrected chi connectivity index (χ0v) is 21.9. The fourth-order valence-corrected chi connectivity index (χ4v) is 7.20. The number of benzene rings is 3. The van der Waals surface area contributed by atoms with Crippen LogP contribution in [0.5, 0.6) is 0 Å². The molecule has 1 saturated heterocycles. The number of rotatable bonds is 5. The number of hydrogen-bond acceptors (Lipinski definition) is 5. The van der Waals surface area contributed by atoms with Gasteiger partial charge in [0.2, 0.25) is 5.91 Å². The minimum absolute atomic E-state index is 0.0553. The van der Waals surface area contributed by atoms with Gasteiger partial charge in [0.25, 0.3) is 0 Å². The van der Waals surface area contributed by atoms with Crippen molar-refractivity contribution in [2.45, 2.75) is 42.1 Å². The molecule has 0 radical (unpaired) electrons. The summed E-state index contributed by atoms with van der Waals surface area (Å²) in [5.74, 6) is -0.0553. The maximum atomic E-state index is 11.8. The number of nitrogens with one attached hydrogen (secondary N) is 1. The van der Waals surface area contributed by atoms with Gasteiger partial charge in [-0.05, 0) is 60.2 Å². The van der Waals surface area contributed by atoms with Gasteiger partial charge in [-0.15, -0.1) is 11.3 Å². The second kappa shape index (κ2) is 10.1. The molecule has 1 N–H and O–H groups in total. The van der Waals surface area contributed by atoms with Gasteiger partial charge in [0.05, 0.1) is 11.4 Å². The molecule has 0 spiro atoms. The minimum atomic E-state index is -0.0553. The molecular weight excluding hydrogens is 482 g/mol. The third-order valence-electron chi connectivity index (χ3n) is 6.99. The zero-order chi connectivity index (χ0) is 24.5. The van der Waals surface area contributed by atoms with Crippen LogP contribution in [0.4, 0.5) is 17.1 Å². The van der Waals surface area contributed by atoms with Gasteiger partial charge in [-0.1, -0.05) is 54.2 Å². The lowest BCUT2D eigenvalue weighted by molar-refractivity contribution is -0.114. The molecule has 0 unspecified atom stereocenters. The highest BCUT2D eigenvalue weighted by Gasteiger charge is 2.32. The van der Waals surface area contributed by atoms with Gasteiger partial charge < -0.3 is 10.2 Å². The number of likely N-dealkylation sites (tertiary alicyclic amines) is 1. The van der Waals surface area contributed by atoms with Crippen LogP contribution in [-0.4, -0.2) is 29.9 Å². The van der Waals surface area contributed by atoms with E-state index in [2.05, 4.69) is 81.2 Å². The topological polar surface area (TPSA) is 35.6 Å². The molecule has 2 aliphatic rings. The van der Waals surface area contributed by atoms with E-state index in [-0.39, 0.29) is 5.91 Å². The summed E-state index contributed by atoms with van der Waals surface area (Å²) >= 11 is 3.70. The van der Waals surface area contributed by atoms with Crippen molar-refractivity contribution in [3.63, 3.8) is 0 Å². The molecule has 6 rings (SSSR count). The number of fused-ring (bicyclic) bond motifs is 2. The summed E-state index contributed by atoms with van der Waals surface area (Å²) in [7, 11) is 0. The highest BCUT2D eigenvalue weighted by molar-refractivity contribution is 7.99. The lowest BCUT2D eigenvalue weighted by Crippen LogP contribution is -2.43. The van der Waals surface area contributed by atoms with Crippen LogP contribution in [0.2, 0.25) is 0 Å². The van der Waals surface area contributed by atoms with Crippen molar-refractivity contribution in [2.75, 3.05) is 23.3 Å². The van der Waals surface area contributed by atoms with Crippen molar-refractivity contribution in [3.8, 4) is 11.1 Å². The van der Waals surface area contributed by atoms with E-state index in [1.165, 1.54) is 26.0 Å². The summed E-state index contributed by atoms with van der Waals surface area (Å²) in [5, 5.41) is 5.16. The normalized spacial score (nSPS) is 15.9. The molecule has 6 heteroatoms. The summed E-state index contributed by atoms with van der Waals surface area (Å²) in [6, 6.07) is 28.5. The molecule has 1 aromatic heterocycles. The fourth-order valence-electron chi connectivity index (χ4n) is 5.34. The maximum Gasteiger partial charge on any atom is 0.221 e. The number of piperidine rings is 1.